The molecule has 3 aromatic carbocycles. The summed E-state index contributed by atoms with van der Waals surface area (Å²) in [5.41, 5.74) is 1.62. The van der Waals surface area contributed by atoms with Crippen LogP contribution in [0.4, 0.5) is 0 Å². The molecule has 0 amide bonds. The van der Waals surface area contributed by atoms with E-state index in [0.717, 1.165) is 0 Å². The van der Waals surface area contributed by atoms with Crippen LogP contribution in [0.3, 0.4) is 0 Å². The lowest BCUT2D eigenvalue weighted by atomic mass is 10.1. The third-order valence-electron chi connectivity index (χ3n) is 5.14. The molecule has 0 bridgehead atoms. The van der Waals surface area contributed by atoms with Gasteiger partial charge in [-0.15, -0.1) is 0 Å². The van der Waals surface area contributed by atoms with Crippen LogP contribution in [0.5, 0.6) is 11.5 Å². The molecule has 4 aromatic rings. The summed E-state index contributed by atoms with van der Waals surface area (Å²) in [7, 11) is 5.98. The van der Waals surface area contributed by atoms with Crippen LogP contribution >= 0.6 is 10.7 Å². The number of hydrogen-bond donors (Lipinski definition) is 0. The minimum atomic E-state index is -4.00. The number of fused-ring (bicyclic) bond motifs is 1. The second kappa shape index (κ2) is 8.76. The lowest BCUT2D eigenvalue weighted by Crippen LogP contribution is -2.06. The van der Waals surface area contributed by atoms with Gasteiger partial charge in [0.1, 0.15) is 11.5 Å². The molecule has 170 valence electrons. The van der Waals surface area contributed by atoms with E-state index in [1.807, 2.05) is 0 Å². The van der Waals surface area contributed by atoms with Gasteiger partial charge in [0.25, 0.3) is 9.05 Å². The number of hydrogen-bond acceptors (Lipinski definition) is 7. The Morgan fingerprint density at radius 1 is 0.909 bits per heavy atom. The van der Waals surface area contributed by atoms with Crippen LogP contribution in [-0.4, -0.2) is 45.5 Å². The van der Waals surface area contributed by atoms with Crippen molar-refractivity contribution in [3.63, 3.8) is 0 Å². The van der Waals surface area contributed by atoms with Gasteiger partial charge in [0.2, 0.25) is 0 Å². The van der Waals surface area contributed by atoms with Crippen molar-refractivity contribution in [2.45, 2.75) is 4.90 Å². The highest BCUT2D eigenvalue weighted by atomic mass is 35.7. The first-order valence-corrected chi connectivity index (χ1v) is 12.0. The largest absolute Gasteiger partial charge is 0.496 e. The number of benzene rings is 3. The van der Waals surface area contributed by atoms with Crippen LogP contribution in [0.25, 0.3) is 27.7 Å². The average Bonchev–Trinajstić information content (AvgIpc) is 3.26. The maximum absolute atomic E-state index is 12.3. The van der Waals surface area contributed by atoms with Crippen molar-refractivity contribution in [1.29, 1.82) is 0 Å². The lowest BCUT2D eigenvalue weighted by molar-refractivity contribution is 0.0593. The maximum atomic E-state index is 12.3. The molecule has 10 heteroatoms. The zero-order valence-corrected chi connectivity index (χ0v) is 19.5. The van der Waals surface area contributed by atoms with E-state index < -0.39 is 15.0 Å². The molecule has 0 spiro atoms. The van der Waals surface area contributed by atoms with Crippen molar-refractivity contribution in [2.75, 3.05) is 21.3 Å². The van der Waals surface area contributed by atoms with E-state index in [2.05, 4.69) is 5.10 Å². The molecule has 0 fully saturated rings. The Morgan fingerprint density at radius 2 is 1.55 bits per heavy atom. The number of aromatic nitrogens is 2. The van der Waals surface area contributed by atoms with Crippen molar-refractivity contribution >= 4 is 36.5 Å². The summed E-state index contributed by atoms with van der Waals surface area (Å²) < 4.78 is 41.7. The van der Waals surface area contributed by atoms with Crippen molar-refractivity contribution in [3.05, 3.63) is 66.4 Å². The maximum Gasteiger partial charge on any atom is 0.358 e. The van der Waals surface area contributed by atoms with Crippen molar-refractivity contribution < 1.29 is 27.4 Å². The average molecular weight is 487 g/mol. The molecule has 0 aliphatic rings. The van der Waals surface area contributed by atoms with Gasteiger partial charge in [0.05, 0.1) is 43.2 Å². The van der Waals surface area contributed by atoms with Gasteiger partial charge >= 0.3 is 5.97 Å². The third-order valence-corrected chi connectivity index (χ3v) is 6.52. The van der Waals surface area contributed by atoms with Gasteiger partial charge in [-0.2, -0.15) is 5.10 Å². The van der Waals surface area contributed by atoms with E-state index in [4.69, 9.17) is 24.9 Å². The molecule has 1 heterocycles. The number of rotatable bonds is 6. The predicted octanol–water partition coefficient (Wildman–Crippen LogP) is 4.42. The van der Waals surface area contributed by atoms with E-state index in [9.17, 15) is 13.2 Å². The normalized spacial score (nSPS) is 11.4. The van der Waals surface area contributed by atoms with Gasteiger partial charge in [-0.3, -0.25) is 0 Å². The molecule has 0 radical (unpaired) electrons. The third kappa shape index (κ3) is 4.01. The molecule has 33 heavy (non-hydrogen) atoms. The number of carbonyl (C=O) groups excluding carboxylic acids is 1. The van der Waals surface area contributed by atoms with Crippen LogP contribution in [0.1, 0.15) is 10.5 Å². The van der Waals surface area contributed by atoms with Gasteiger partial charge in [-0.1, -0.05) is 30.3 Å². The number of halogens is 1. The molecule has 4 rings (SSSR count). The number of carbonyl (C=O) groups is 1. The quantitative estimate of drug-likeness (QED) is 0.294. The Hall–Kier alpha value is -3.56. The molecular formula is C23H19ClN2O6S. The number of nitrogens with zero attached hydrogens (tertiary/aromatic N) is 2. The molecule has 0 aliphatic heterocycles. The zero-order valence-electron chi connectivity index (χ0n) is 17.9. The van der Waals surface area contributed by atoms with Gasteiger partial charge in [0.15, 0.2) is 5.69 Å². The Bertz CT molecular complexity index is 1460. The molecule has 1 aromatic heterocycles. The van der Waals surface area contributed by atoms with Crippen LogP contribution in [-0.2, 0) is 13.8 Å². The van der Waals surface area contributed by atoms with E-state index in [1.165, 1.54) is 32.1 Å². The SMILES string of the molecule is COC(=O)c1cc(-c2c(OC)cccc2OC)n(-c2ccc(S(=O)(=O)Cl)c3ccccc23)n1. The molecule has 0 atom stereocenters. The second-order valence-electron chi connectivity index (χ2n) is 6.92. The zero-order chi connectivity index (χ0) is 23.8. The summed E-state index contributed by atoms with van der Waals surface area (Å²) >= 11 is 0. The number of methoxy groups -OCH3 is 3. The van der Waals surface area contributed by atoms with Crippen LogP contribution in [0.2, 0.25) is 0 Å². The van der Waals surface area contributed by atoms with Gasteiger partial charge in [-0.05, 0) is 30.3 Å². The summed E-state index contributed by atoms with van der Waals surface area (Å²) in [6.07, 6.45) is 0. The van der Waals surface area contributed by atoms with Gasteiger partial charge < -0.3 is 14.2 Å². The van der Waals surface area contributed by atoms with Gasteiger partial charge in [-0.25, -0.2) is 17.9 Å². The van der Waals surface area contributed by atoms with E-state index in [1.54, 1.807) is 54.6 Å². The Kier molecular flexibility index (Phi) is 6.01. The summed E-state index contributed by atoms with van der Waals surface area (Å²) in [5, 5.41) is 5.45. The summed E-state index contributed by atoms with van der Waals surface area (Å²) in [5.74, 6) is 0.362. The van der Waals surface area contributed by atoms with E-state index >= 15 is 0 Å². The Labute approximate surface area is 194 Å². The highest BCUT2D eigenvalue weighted by Gasteiger charge is 2.24. The minimum absolute atomic E-state index is 0.0275. The van der Waals surface area contributed by atoms with Crippen molar-refractivity contribution in [3.8, 4) is 28.4 Å². The molecule has 0 aliphatic carbocycles. The van der Waals surface area contributed by atoms with Crippen molar-refractivity contribution in [1.82, 2.24) is 9.78 Å². The highest BCUT2D eigenvalue weighted by molar-refractivity contribution is 8.14. The summed E-state index contributed by atoms with van der Waals surface area (Å²) in [6, 6.07) is 16.7. The fourth-order valence-electron chi connectivity index (χ4n) is 3.70. The topological polar surface area (TPSA) is 96.7 Å². The summed E-state index contributed by atoms with van der Waals surface area (Å²) in [4.78, 5) is 12.3. The van der Waals surface area contributed by atoms with E-state index in [0.29, 0.717) is 39.2 Å². The fourth-order valence-corrected chi connectivity index (χ4v) is 4.78. The summed E-state index contributed by atoms with van der Waals surface area (Å²) in [6.45, 7) is 0. The monoisotopic (exact) mass is 486 g/mol. The molecule has 0 unspecified atom stereocenters. The molecule has 0 saturated carbocycles. The highest BCUT2D eigenvalue weighted by Crippen LogP contribution is 2.41. The van der Waals surface area contributed by atoms with Crippen LogP contribution in [0.15, 0.2) is 65.6 Å². The van der Waals surface area contributed by atoms with Crippen molar-refractivity contribution in [2.24, 2.45) is 0 Å². The number of esters is 1. The van der Waals surface area contributed by atoms with Crippen LogP contribution in [0, 0.1) is 0 Å². The first-order valence-electron chi connectivity index (χ1n) is 9.66. The first-order chi connectivity index (χ1) is 15.8. The Balaban J connectivity index is 2.10. The first kappa shape index (κ1) is 22.6. The molecule has 0 N–H and O–H groups in total. The fraction of sp³-hybridized carbons (Fsp3) is 0.130. The standard InChI is InChI=1S/C23H19ClN2O6S/c1-30-19-9-6-10-20(31-2)22(19)18-13-16(23(27)32-3)25-26(18)17-11-12-21(33(24,28)29)15-8-5-4-7-14(15)17/h4-13H,1-3H3. The smallest absolute Gasteiger partial charge is 0.358 e. The van der Waals surface area contributed by atoms with Gasteiger partial charge in [0, 0.05) is 21.5 Å². The predicted molar refractivity (Wildman–Crippen MR) is 124 cm³/mol. The minimum Gasteiger partial charge on any atom is -0.496 e. The van der Waals surface area contributed by atoms with E-state index in [-0.39, 0.29) is 10.6 Å². The lowest BCUT2D eigenvalue weighted by Gasteiger charge is -2.16. The van der Waals surface area contributed by atoms with Crippen LogP contribution < -0.4 is 9.47 Å². The second-order valence-corrected chi connectivity index (χ2v) is 9.46. The molecule has 8 nitrogen and oxygen atoms in total. The molecular weight excluding hydrogens is 468 g/mol. The Morgan fingerprint density at radius 3 is 2.12 bits per heavy atom. The molecule has 0 saturated heterocycles. The number of ether oxygens (including phenoxy) is 3.